The Balaban J connectivity index is 1.26. The van der Waals surface area contributed by atoms with Crippen molar-refractivity contribution < 1.29 is 9.47 Å². The lowest BCUT2D eigenvalue weighted by Gasteiger charge is -2.39. The van der Waals surface area contributed by atoms with Crippen molar-refractivity contribution >= 4 is 16.9 Å². The van der Waals surface area contributed by atoms with E-state index < -0.39 is 0 Å². The fourth-order valence-electron chi connectivity index (χ4n) is 5.58. The van der Waals surface area contributed by atoms with Gasteiger partial charge in [0.1, 0.15) is 29.3 Å². The molecule has 6 rings (SSSR count). The fraction of sp³-hybridized carbons (Fsp3) is 0.357. The number of hydrogen-bond donors (Lipinski definition) is 1. The number of aromatic nitrogens is 3. The van der Waals surface area contributed by atoms with Crippen LogP contribution in [0.2, 0.25) is 0 Å². The van der Waals surface area contributed by atoms with Gasteiger partial charge in [0.25, 0.3) is 0 Å². The average Bonchev–Trinajstić information content (AvgIpc) is 3.31. The molecule has 1 aliphatic carbocycles. The zero-order valence-corrected chi connectivity index (χ0v) is 19.8. The first-order valence-electron chi connectivity index (χ1n) is 12.5. The first-order chi connectivity index (χ1) is 17.3. The molecule has 35 heavy (non-hydrogen) atoms. The Morgan fingerprint density at radius 2 is 1.51 bits per heavy atom. The van der Waals surface area contributed by atoms with Gasteiger partial charge in [-0.05, 0) is 55.5 Å². The molecule has 1 aliphatic heterocycles. The van der Waals surface area contributed by atoms with Crippen LogP contribution < -0.4 is 10.5 Å². The molecule has 0 atom stereocenters. The van der Waals surface area contributed by atoms with Gasteiger partial charge in [-0.25, -0.2) is 9.97 Å². The van der Waals surface area contributed by atoms with Gasteiger partial charge in [-0.1, -0.05) is 30.3 Å². The van der Waals surface area contributed by atoms with Crippen molar-refractivity contribution in [2.24, 2.45) is 0 Å². The molecule has 2 aromatic heterocycles. The minimum atomic E-state index is 0.415. The van der Waals surface area contributed by atoms with Crippen LogP contribution in [0.15, 0.2) is 67.1 Å². The maximum atomic E-state index is 6.38. The predicted octanol–water partition coefficient (Wildman–Crippen LogP) is 5.29. The molecule has 7 nitrogen and oxygen atoms in total. The number of benzene rings is 2. The largest absolute Gasteiger partial charge is 0.457 e. The number of anilines is 1. The normalized spacial score (nSPS) is 21.3. The number of para-hydroxylation sites is 1. The third-order valence-corrected chi connectivity index (χ3v) is 7.40. The lowest BCUT2D eigenvalue weighted by Crippen LogP contribution is -2.45. The number of rotatable bonds is 5. The highest BCUT2D eigenvalue weighted by atomic mass is 16.5. The van der Waals surface area contributed by atoms with Gasteiger partial charge < -0.3 is 19.8 Å². The molecule has 0 radical (unpaired) electrons. The molecule has 3 heterocycles. The molecule has 0 bridgehead atoms. The summed E-state index contributed by atoms with van der Waals surface area (Å²) in [5, 5.41) is 0.930. The van der Waals surface area contributed by atoms with E-state index in [1.165, 1.54) is 12.8 Å². The summed E-state index contributed by atoms with van der Waals surface area (Å²) in [5.41, 5.74) is 9.45. The molecule has 0 spiro atoms. The molecule has 1 saturated heterocycles. The van der Waals surface area contributed by atoms with Gasteiger partial charge in [0.2, 0.25) is 0 Å². The van der Waals surface area contributed by atoms with Crippen molar-refractivity contribution in [3.05, 3.63) is 67.1 Å². The summed E-state index contributed by atoms with van der Waals surface area (Å²) in [6.07, 6.45) is 8.48. The third-order valence-electron chi connectivity index (χ3n) is 7.40. The Bertz CT molecular complexity index is 1270. The molecule has 2 aliphatic rings. The summed E-state index contributed by atoms with van der Waals surface area (Å²) >= 11 is 0. The van der Waals surface area contributed by atoms with Gasteiger partial charge in [-0.15, -0.1) is 0 Å². The Hall–Kier alpha value is -3.42. The minimum absolute atomic E-state index is 0.415. The van der Waals surface area contributed by atoms with Crippen LogP contribution in [0, 0.1) is 0 Å². The Labute approximate surface area is 205 Å². The maximum Gasteiger partial charge on any atom is 0.146 e. The number of nitrogen functional groups attached to an aromatic ring is 1. The Morgan fingerprint density at radius 3 is 2.26 bits per heavy atom. The highest BCUT2D eigenvalue weighted by Gasteiger charge is 2.29. The molecular weight excluding hydrogens is 438 g/mol. The van der Waals surface area contributed by atoms with Crippen LogP contribution in [0.4, 0.5) is 5.82 Å². The number of nitrogens with zero attached hydrogens (tertiary/aromatic N) is 4. The Kier molecular flexibility index (Phi) is 6.10. The molecule has 7 heteroatoms. The minimum Gasteiger partial charge on any atom is -0.457 e. The molecule has 2 aromatic carbocycles. The van der Waals surface area contributed by atoms with E-state index in [2.05, 4.69) is 37.8 Å². The van der Waals surface area contributed by atoms with Crippen LogP contribution in [-0.4, -0.2) is 51.8 Å². The van der Waals surface area contributed by atoms with Crippen LogP contribution in [0.25, 0.3) is 22.2 Å². The van der Waals surface area contributed by atoms with Crippen LogP contribution in [0.1, 0.15) is 31.7 Å². The summed E-state index contributed by atoms with van der Waals surface area (Å²) in [6, 6.07) is 19.1. The van der Waals surface area contributed by atoms with Crippen molar-refractivity contribution in [2.75, 3.05) is 32.0 Å². The first-order valence-corrected chi connectivity index (χ1v) is 12.5. The van der Waals surface area contributed by atoms with Crippen molar-refractivity contribution in [3.63, 3.8) is 0 Å². The lowest BCUT2D eigenvalue weighted by molar-refractivity contribution is 0.00558. The quantitative estimate of drug-likeness (QED) is 0.428. The van der Waals surface area contributed by atoms with Crippen molar-refractivity contribution in [1.29, 1.82) is 0 Å². The van der Waals surface area contributed by atoms with Crippen LogP contribution in [0.5, 0.6) is 11.5 Å². The van der Waals surface area contributed by atoms with Crippen molar-refractivity contribution in [3.8, 4) is 22.6 Å². The predicted molar refractivity (Wildman–Crippen MR) is 138 cm³/mol. The maximum absolute atomic E-state index is 6.38. The van der Waals surface area contributed by atoms with Crippen LogP contribution in [-0.2, 0) is 4.74 Å². The van der Waals surface area contributed by atoms with E-state index in [1.807, 2.05) is 42.5 Å². The zero-order chi connectivity index (χ0) is 23.6. The average molecular weight is 470 g/mol. The van der Waals surface area contributed by atoms with E-state index in [4.69, 9.17) is 15.2 Å². The highest BCUT2D eigenvalue weighted by Crippen LogP contribution is 2.39. The number of morpholine rings is 1. The smallest absolute Gasteiger partial charge is 0.146 e. The molecule has 0 unspecified atom stereocenters. The van der Waals surface area contributed by atoms with Crippen molar-refractivity contribution in [1.82, 2.24) is 19.4 Å². The second-order valence-electron chi connectivity index (χ2n) is 9.46. The number of hydrogen-bond acceptors (Lipinski definition) is 6. The van der Waals surface area contributed by atoms with Crippen LogP contribution >= 0.6 is 0 Å². The van der Waals surface area contributed by atoms with E-state index in [0.717, 1.165) is 72.8 Å². The second kappa shape index (κ2) is 9.68. The van der Waals surface area contributed by atoms with E-state index in [0.29, 0.717) is 17.9 Å². The molecule has 1 saturated carbocycles. The highest BCUT2D eigenvalue weighted by molar-refractivity contribution is 6.00. The molecule has 0 amide bonds. The fourth-order valence-corrected chi connectivity index (χ4v) is 5.58. The van der Waals surface area contributed by atoms with E-state index in [-0.39, 0.29) is 0 Å². The van der Waals surface area contributed by atoms with Gasteiger partial charge in [0.05, 0.1) is 18.6 Å². The number of nitrogens with two attached hydrogens (primary N) is 1. The van der Waals surface area contributed by atoms with Gasteiger partial charge in [-0.2, -0.15) is 0 Å². The number of fused-ring (bicyclic) bond motifs is 1. The van der Waals surface area contributed by atoms with Gasteiger partial charge in [0, 0.05) is 36.9 Å². The van der Waals surface area contributed by atoms with Crippen molar-refractivity contribution in [2.45, 2.75) is 37.8 Å². The Morgan fingerprint density at radius 1 is 0.829 bits per heavy atom. The van der Waals surface area contributed by atoms with Gasteiger partial charge in [-0.3, -0.25) is 4.90 Å². The third kappa shape index (κ3) is 4.49. The van der Waals surface area contributed by atoms with Gasteiger partial charge in [0.15, 0.2) is 0 Å². The number of ether oxygens (including phenoxy) is 2. The zero-order valence-electron chi connectivity index (χ0n) is 19.8. The summed E-state index contributed by atoms with van der Waals surface area (Å²) < 4.78 is 13.9. The second-order valence-corrected chi connectivity index (χ2v) is 9.46. The first kappa shape index (κ1) is 22.1. The molecular formula is C28H31N5O2. The summed E-state index contributed by atoms with van der Waals surface area (Å²) in [5.74, 6) is 2.15. The monoisotopic (exact) mass is 469 g/mol. The van der Waals surface area contributed by atoms with Crippen LogP contribution in [0.3, 0.4) is 0 Å². The standard InChI is InChI=1S/C28H31N5O2/c29-27-26-25(20-6-12-24(13-7-20)35-23-4-2-1-3-5-23)18-33(28(26)31-19-30-27)22-10-8-21(9-11-22)32-14-16-34-17-15-32/h1-7,12-13,18-19,21-22H,8-11,14-17H2,(H2,29,30,31)/t21-,22-. The SMILES string of the molecule is Nc1ncnc2c1c(-c1ccc(Oc3ccccc3)cc1)cn2[C@H]1CC[C@H](N2CCOCC2)CC1. The molecule has 180 valence electrons. The van der Waals surface area contributed by atoms with Gasteiger partial charge >= 0.3 is 0 Å². The van der Waals surface area contributed by atoms with E-state index in [1.54, 1.807) is 6.33 Å². The van der Waals surface area contributed by atoms with E-state index >= 15 is 0 Å². The van der Waals surface area contributed by atoms with E-state index in [9.17, 15) is 0 Å². The summed E-state index contributed by atoms with van der Waals surface area (Å²) in [4.78, 5) is 11.6. The summed E-state index contributed by atoms with van der Waals surface area (Å²) in [7, 11) is 0. The molecule has 4 aromatic rings. The molecule has 2 fully saturated rings. The molecule has 2 N–H and O–H groups in total. The topological polar surface area (TPSA) is 78.4 Å². The summed E-state index contributed by atoms with van der Waals surface area (Å²) in [6.45, 7) is 3.83. The lowest BCUT2D eigenvalue weighted by atomic mass is 9.90.